The Kier molecular flexibility index (Phi) is 5.47. The monoisotopic (exact) mass is 403 g/mol. The third-order valence-electron chi connectivity index (χ3n) is 6.25. The molecule has 1 fully saturated rings. The molecule has 4 rings (SSSR count). The predicted molar refractivity (Wildman–Crippen MR) is 111 cm³/mol. The highest BCUT2D eigenvalue weighted by molar-refractivity contribution is 7.17. The van der Waals surface area contributed by atoms with Crippen molar-refractivity contribution in [2.24, 2.45) is 0 Å². The number of amides is 2. The average molecular weight is 404 g/mol. The Bertz CT molecular complexity index is 865. The summed E-state index contributed by atoms with van der Waals surface area (Å²) in [5, 5.41) is 5.31. The summed E-state index contributed by atoms with van der Waals surface area (Å²) < 4.78 is 8.34. The first kappa shape index (κ1) is 19.5. The van der Waals surface area contributed by atoms with Crippen LogP contribution in [0.1, 0.15) is 55.9 Å². The van der Waals surface area contributed by atoms with Gasteiger partial charge in [-0.3, -0.25) is 9.59 Å². The van der Waals surface area contributed by atoms with Gasteiger partial charge in [-0.15, -0.1) is 11.3 Å². The molecule has 7 heteroatoms. The van der Waals surface area contributed by atoms with Crippen LogP contribution in [0.3, 0.4) is 0 Å². The maximum atomic E-state index is 13.5. The molecule has 152 valence electrons. The van der Waals surface area contributed by atoms with Crippen LogP contribution in [0.5, 0.6) is 0 Å². The molecule has 1 unspecified atom stereocenters. The van der Waals surface area contributed by atoms with E-state index in [2.05, 4.69) is 5.32 Å². The third-order valence-corrected chi connectivity index (χ3v) is 7.10. The van der Waals surface area contributed by atoms with Crippen LogP contribution >= 0.6 is 11.3 Å². The molecule has 0 bridgehead atoms. The molecule has 2 aromatic rings. The minimum absolute atomic E-state index is 0.0495. The maximum Gasteiger partial charge on any atom is 0.271 e. The fraction of sp³-hybridized carbons (Fsp3) is 0.619. The second-order valence-electron chi connectivity index (χ2n) is 8.17. The van der Waals surface area contributed by atoms with Crippen molar-refractivity contribution < 1.29 is 14.3 Å². The van der Waals surface area contributed by atoms with Crippen LogP contribution in [0.15, 0.2) is 17.5 Å². The van der Waals surface area contributed by atoms with Crippen LogP contribution in [0.2, 0.25) is 0 Å². The first-order chi connectivity index (χ1) is 13.5. The molecule has 0 saturated heterocycles. The Morgan fingerprint density at radius 3 is 2.79 bits per heavy atom. The lowest BCUT2D eigenvalue weighted by molar-refractivity contribution is -0.134. The zero-order valence-electron chi connectivity index (χ0n) is 16.7. The van der Waals surface area contributed by atoms with Crippen LogP contribution < -0.4 is 5.32 Å². The number of ether oxygens (including phenoxy) is 1. The van der Waals surface area contributed by atoms with E-state index in [1.54, 1.807) is 23.3 Å². The third kappa shape index (κ3) is 3.35. The van der Waals surface area contributed by atoms with Gasteiger partial charge in [0.25, 0.3) is 5.91 Å². The van der Waals surface area contributed by atoms with E-state index in [4.69, 9.17) is 4.74 Å². The fourth-order valence-electron chi connectivity index (χ4n) is 4.57. The molecule has 2 aromatic heterocycles. The van der Waals surface area contributed by atoms with E-state index < -0.39 is 5.54 Å². The van der Waals surface area contributed by atoms with Gasteiger partial charge < -0.3 is 19.5 Å². The molecule has 2 amide bonds. The summed E-state index contributed by atoms with van der Waals surface area (Å²) in [4.78, 5) is 28.5. The van der Waals surface area contributed by atoms with Crippen LogP contribution in [0, 0.1) is 0 Å². The van der Waals surface area contributed by atoms with E-state index >= 15 is 0 Å². The first-order valence-corrected chi connectivity index (χ1v) is 11.1. The molecule has 0 radical (unpaired) electrons. The second-order valence-corrected chi connectivity index (χ2v) is 9.12. The molecule has 0 aromatic carbocycles. The van der Waals surface area contributed by atoms with Gasteiger partial charge in [0.05, 0.1) is 23.4 Å². The van der Waals surface area contributed by atoms with E-state index in [-0.39, 0.29) is 17.9 Å². The Balaban J connectivity index is 1.66. The van der Waals surface area contributed by atoms with Crippen LogP contribution in [0.25, 0.3) is 10.2 Å². The smallest absolute Gasteiger partial charge is 0.271 e. The summed E-state index contributed by atoms with van der Waals surface area (Å²) in [7, 11) is 1.62. The molecular formula is C21H29N3O3S. The molecule has 1 N–H and O–H groups in total. The second kappa shape index (κ2) is 7.87. The van der Waals surface area contributed by atoms with E-state index in [1.165, 1.54) is 12.8 Å². The van der Waals surface area contributed by atoms with Gasteiger partial charge >= 0.3 is 0 Å². The number of nitrogens with zero attached hydrogens (tertiary/aromatic N) is 2. The van der Waals surface area contributed by atoms with Gasteiger partial charge in [0.1, 0.15) is 11.2 Å². The highest BCUT2D eigenvalue weighted by Crippen LogP contribution is 2.34. The molecule has 1 saturated carbocycles. The first-order valence-electron chi connectivity index (χ1n) is 10.2. The number of aromatic nitrogens is 1. The predicted octanol–water partition coefficient (Wildman–Crippen LogP) is 3.40. The van der Waals surface area contributed by atoms with E-state index in [0.717, 1.165) is 35.9 Å². The molecule has 0 spiro atoms. The van der Waals surface area contributed by atoms with Crippen molar-refractivity contribution in [3.05, 3.63) is 23.2 Å². The van der Waals surface area contributed by atoms with Gasteiger partial charge in [-0.25, -0.2) is 0 Å². The Labute approximate surface area is 169 Å². The van der Waals surface area contributed by atoms with E-state index in [0.29, 0.717) is 25.4 Å². The normalized spacial score (nSPS) is 23.6. The number of methoxy groups -OCH3 is 1. The number of carbonyl (C=O) groups is 2. The average Bonchev–Trinajstić information content (AvgIpc) is 3.16. The SMILES string of the molecule is COCCN1C(=O)c2cc3sccc3n2CC1(C)C(=O)NC1CCCCCC1. The molecule has 1 aliphatic heterocycles. The Hall–Kier alpha value is -1.86. The van der Waals surface area contributed by atoms with Gasteiger partial charge in [0, 0.05) is 19.7 Å². The minimum atomic E-state index is -0.928. The summed E-state index contributed by atoms with van der Waals surface area (Å²) >= 11 is 1.62. The number of hydrogen-bond acceptors (Lipinski definition) is 4. The molecule has 6 nitrogen and oxygen atoms in total. The fourth-order valence-corrected chi connectivity index (χ4v) is 5.39. The summed E-state index contributed by atoms with van der Waals surface area (Å²) in [6, 6.07) is 4.19. The zero-order valence-corrected chi connectivity index (χ0v) is 17.5. The Morgan fingerprint density at radius 2 is 2.07 bits per heavy atom. The van der Waals surface area contributed by atoms with Crippen molar-refractivity contribution in [3.8, 4) is 0 Å². The van der Waals surface area contributed by atoms with Crippen LogP contribution in [-0.4, -0.2) is 53.1 Å². The Morgan fingerprint density at radius 1 is 1.32 bits per heavy atom. The zero-order chi connectivity index (χ0) is 19.7. The summed E-state index contributed by atoms with van der Waals surface area (Å²) in [6.45, 7) is 3.18. The largest absolute Gasteiger partial charge is 0.383 e. The lowest BCUT2D eigenvalue weighted by Gasteiger charge is -2.44. The van der Waals surface area contributed by atoms with E-state index in [1.807, 2.05) is 29.0 Å². The van der Waals surface area contributed by atoms with Gasteiger partial charge in [-0.2, -0.15) is 0 Å². The van der Waals surface area contributed by atoms with Crippen molar-refractivity contribution in [3.63, 3.8) is 0 Å². The topological polar surface area (TPSA) is 63.6 Å². The number of thiophene rings is 1. The maximum absolute atomic E-state index is 13.5. The molecular weight excluding hydrogens is 374 g/mol. The minimum Gasteiger partial charge on any atom is -0.383 e. The van der Waals surface area contributed by atoms with Crippen LogP contribution in [-0.2, 0) is 16.1 Å². The highest BCUT2D eigenvalue weighted by Gasteiger charge is 2.48. The lowest BCUT2D eigenvalue weighted by atomic mass is 9.93. The van der Waals surface area contributed by atoms with Crippen molar-refractivity contribution >= 4 is 33.4 Å². The molecule has 2 aliphatic rings. The number of rotatable bonds is 5. The highest BCUT2D eigenvalue weighted by atomic mass is 32.1. The van der Waals surface area contributed by atoms with Gasteiger partial charge in [0.15, 0.2) is 0 Å². The molecule has 1 aliphatic carbocycles. The van der Waals surface area contributed by atoms with Crippen molar-refractivity contribution in [1.82, 2.24) is 14.8 Å². The molecule has 28 heavy (non-hydrogen) atoms. The molecule has 1 atom stereocenters. The van der Waals surface area contributed by atoms with Crippen molar-refractivity contribution in [1.29, 1.82) is 0 Å². The van der Waals surface area contributed by atoms with Crippen LogP contribution in [0.4, 0.5) is 0 Å². The summed E-state index contributed by atoms with van der Waals surface area (Å²) in [5.41, 5.74) is 0.772. The van der Waals surface area contributed by atoms with Gasteiger partial charge in [-0.1, -0.05) is 25.7 Å². The summed E-state index contributed by atoms with van der Waals surface area (Å²) in [6.07, 6.45) is 6.85. The van der Waals surface area contributed by atoms with Crippen molar-refractivity contribution in [2.75, 3.05) is 20.3 Å². The van der Waals surface area contributed by atoms with Gasteiger partial charge in [-0.05, 0) is 37.3 Å². The van der Waals surface area contributed by atoms with Gasteiger partial charge in [0.2, 0.25) is 5.91 Å². The number of hydrogen-bond donors (Lipinski definition) is 1. The lowest BCUT2D eigenvalue weighted by Crippen LogP contribution is -2.65. The quantitative estimate of drug-likeness (QED) is 0.778. The number of fused-ring (bicyclic) bond motifs is 3. The van der Waals surface area contributed by atoms with E-state index in [9.17, 15) is 9.59 Å². The standard InChI is InChI=1S/C21H29N3O3S/c1-21(20(26)22-15-7-5-3-4-6-8-15)14-23-16-9-12-28-18(16)13-17(23)19(25)24(21)10-11-27-2/h9,12-13,15H,3-8,10-11,14H2,1-2H3,(H,22,26). The number of nitrogens with one attached hydrogen (secondary N) is 1. The molecule has 3 heterocycles. The van der Waals surface area contributed by atoms with Crippen molar-refractivity contribution in [2.45, 2.75) is 63.6 Å². The number of carbonyl (C=O) groups excluding carboxylic acids is 2. The summed E-state index contributed by atoms with van der Waals surface area (Å²) in [5.74, 6) is -0.142.